The van der Waals surface area contributed by atoms with Crippen molar-refractivity contribution in [2.75, 3.05) is 39.5 Å². The molecule has 1 aliphatic rings. The summed E-state index contributed by atoms with van der Waals surface area (Å²) in [5, 5.41) is 49.4. The average Bonchev–Trinajstić information content (AvgIpc) is 2.78. The van der Waals surface area contributed by atoms with Gasteiger partial charge >= 0.3 is 11.9 Å². The molecule has 13 heteroatoms. The van der Waals surface area contributed by atoms with Gasteiger partial charge in [0.1, 0.15) is 40.7 Å². The second-order valence-corrected chi connectivity index (χ2v) is 9.99. The van der Waals surface area contributed by atoms with Crippen LogP contribution >= 0.6 is 0 Å². The summed E-state index contributed by atoms with van der Waals surface area (Å²) < 4.78 is 35.9. The van der Waals surface area contributed by atoms with Crippen LogP contribution in [0, 0.1) is 0 Å². The van der Waals surface area contributed by atoms with Gasteiger partial charge in [0.25, 0.3) is 0 Å². The molecule has 0 aliphatic carbocycles. The summed E-state index contributed by atoms with van der Waals surface area (Å²) >= 11 is 0. The first-order valence-electron chi connectivity index (χ1n) is 10.5. The maximum atomic E-state index is 12.7. The molecule has 0 amide bonds. The highest BCUT2D eigenvalue weighted by Gasteiger charge is 2.25. The zero-order valence-corrected chi connectivity index (χ0v) is 19.3. The van der Waals surface area contributed by atoms with E-state index in [0.29, 0.717) is 32.8 Å². The average molecular weight is 512 g/mol. The molecule has 2 aromatic rings. The van der Waals surface area contributed by atoms with Gasteiger partial charge in [-0.3, -0.25) is 4.90 Å². The number of phenols is 4. The van der Waals surface area contributed by atoms with Crippen LogP contribution in [0.15, 0.2) is 24.3 Å². The molecule has 0 radical (unpaired) electrons. The Kier molecular flexibility index (Phi) is 8.04. The van der Waals surface area contributed by atoms with Crippen molar-refractivity contribution in [2.24, 2.45) is 0 Å². The molecule has 1 saturated heterocycles. The van der Waals surface area contributed by atoms with Gasteiger partial charge in [0, 0.05) is 30.8 Å². The summed E-state index contributed by atoms with van der Waals surface area (Å²) in [6, 6.07) is 3.58. The van der Waals surface area contributed by atoms with Gasteiger partial charge in [0.05, 0.1) is 24.7 Å². The molecule has 0 aromatic heterocycles. The third-order valence-electron chi connectivity index (χ3n) is 5.29. The number of hydrogen-bond donors (Lipinski definition) is 5. The van der Waals surface area contributed by atoms with E-state index in [2.05, 4.69) is 0 Å². The third-order valence-corrected chi connectivity index (χ3v) is 6.79. The van der Waals surface area contributed by atoms with E-state index in [1.807, 2.05) is 4.90 Å². The van der Waals surface area contributed by atoms with Gasteiger partial charge in [-0.15, -0.1) is 0 Å². The Bertz CT molecular complexity index is 1220. The monoisotopic (exact) mass is 511 g/mol. The molecule has 190 valence electrons. The lowest BCUT2D eigenvalue weighted by atomic mass is 10.1. The summed E-state index contributed by atoms with van der Waals surface area (Å²) in [7, 11) is -4.19. The number of carbonyl (C=O) groups excluding carboxylic acids is 1. The van der Waals surface area contributed by atoms with E-state index in [4.69, 9.17) is 14.6 Å². The van der Waals surface area contributed by atoms with E-state index in [1.165, 1.54) is 0 Å². The number of aromatic carboxylic acids is 1. The van der Waals surface area contributed by atoms with Crippen LogP contribution in [-0.4, -0.2) is 90.2 Å². The van der Waals surface area contributed by atoms with Gasteiger partial charge in [-0.1, -0.05) is 0 Å². The number of carboxylic acids is 1. The van der Waals surface area contributed by atoms with Gasteiger partial charge in [0.2, 0.25) is 0 Å². The second-order valence-electron chi connectivity index (χ2n) is 7.93. The Balaban J connectivity index is 1.75. The molecule has 0 unspecified atom stereocenters. The lowest BCUT2D eigenvalue weighted by Gasteiger charge is -2.26. The first-order chi connectivity index (χ1) is 16.5. The Morgan fingerprint density at radius 3 is 1.94 bits per heavy atom. The van der Waals surface area contributed by atoms with E-state index < -0.39 is 67.4 Å². The van der Waals surface area contributed by atoms with Crippen molar-refractivity contribution in [3.63, 3.8) is 0 Å². The molecule has 0 saturated carbocycles. The van der Waals surface area contributed by atoms with Crippen molar-refractivity contribution in [3.05, 3.63) is 46.5 Å². The highest BCUT2D eigenvalue weighted by atomic mass is 32.2. The van der Waals surface area contributed by atoms with E-state index >= 15 is 0 Å². The van der Waals surface area contributed by atoms with E-state index in [-0.39, 0.29) is 17.7 Å². The normalized spacial score (nSPS) is 14.5. The van der Waals surface area contributed by atoms with Crippen LogP contribution in [0.25, 0.3) is 0 Å². The second kappa shape index (κ2) is 10.8. The number of morpholine rings is 1. The number of carboxylic acid groups (broad SMARTS) is 1. The molecule has 2 aromatic carbocycles. The van der Waals surface area contributed by atoms with Crippen LogP contribution in [0.4, 0.5) is 0 Å². The molecule has 1 aliphatic heterocycles. The van der Waals surface area contributed by atoms with Crippen LogP contribution in [0.2, 0.25) is 0 Å². The molecule has 12 nitrogen and oxygen atoms in total. The predicted molar refractivity (Wildman–Crippen MR) is 120 cm³/mol. The number of hydrogen-bond acceptors (Lipinski definition) is 11. The van der Waals surface area contributed by atoms with Crippen LogP contribution in [0.1, 0.15) is 31.8 Å². The minimum atomic E-state index is -4.19. The van der Waals surface area contributed by atoms with Crippen molar-refractivity contribution in [1.29, 1.82) is 0 Å². The number of rotatable bonds is 9. The van der Waals surface area contributed by atoms with E-state index in [9.17, 15) is 38.4 Å². The van der Waals surface area contributed by atoms with Gasteiger partial charge in [-0.05, 0) is 24.3 Å². The van der Waals surface area contributed by atoms with Crippen molar-refractivity contribution in [3.8, 4) is 23.0 Å². The summed E-state index contributed by atoms with van der Waals surface area (Å²) in [4.78, 5) is 25.7. The quantitative estimate of drug-likeness (QED) is 0.235. The molecule has 3 rings (SSSR count). The summed E-state index contributed by atoms with van der Waals surface area (Å²) in [5.74, 6) is -6.85. The van der Waals surface area contributed by atoms with Crippen molar-refractivity contribution < 1.29 is 53.0 Å². The smallest absolute Gasteiger partial charge is 0.342 e. The number of sulfone groups is 1. The van der Waals surface area contributed by atoms with Crippen LogP contribution in [-0.2, 0) is 30.8 Å². The minimum Gasteiger partial charge on any atom is -0.508 e. The van der Waals surface area contributed by atoms with Gasteiger partial charge < -0.3 is 35.0 Å². The fraction of sp³-hybridized carbons (Fsp3) is 0.364. The number of esters is 1. The first-order valence-corrected chi connectivity index (χ1v) is 12.3. The number of benzene rings is 2. The number of phenolic OH excluding ortho intramolecular Hbond substituents is 3. The first kappa shape index (κ1) is 26.1. The van der Waals surface area contributed by atoms with Crippen LogP contribution < -0.4 is 0 Å². The Morgan fingerprint density at radius 1 is 0.886 bits per heavy atom. The van der Waals surface area contributed by atoms with Crippen molar-refractivity contribution in [2.45, 2.75) is 11.5 Å². The molecule has 0 bridgehead atoms. The summed E-state index contributed by atoms with van der Waals surface area (Å²) in [5.41, 5.74) is -1.78. The molecular weight excluding hydrogens is 486 g/mol. The Morgan fingerprint density at radius 2 is 1.40 bits per heavy atom. The minimum absolute atomic E-state index is 0.00422. The molecule has 0 spiro atoms. The number of ether oxygens (including phenoxy) is 2. The molecule has 1 heterocycles. The van der Waals surface area contributed by atoms with Crippen LogP contribution in [0.5, 0.6) is 23.0 Å². The molecule has 35 heavy (non-hydrogen) atoms. The topological polar surface area (TPSA) is 191 Å². The largest absolute Gasteiger partial charge is 0.508 e. The van der Waals surface area contributed by atoms with Crippen molar-refractivity contribution in [1.82, 2.24) is 4.90 Å². The highest BCUT2D eigenvalue weighted by molar-refractivity contribution is 7.89. The van der Waals surface area contributed by atoms with Gasteiger partial charge in [0.15, 0.2) is 9.84 Å². The zero-order valence-electron chi connectivity index (χ0n) is 18.5. The van der Waals surface area contributed by atoms with Crippen LogP contribution in [0.3, 0.4) is 0 Å². The molecule has 1 fully saturated rings. The van der Waals surface area contributed by atoms with Gasteiger partial charge in [-0.2, -0.15) is 0 Å². The Hall–Kier alpha value is -3.55. The molecule has 5 N–H and O–H groups in total. The maximum absolute atomic E-state index is 12.7. The lowest BCUT2D eigenvalue weighted by Crippen LogP contribution is -2.38. The highest BCUT2D eigenvalue weighted by Crippen LogP contribution is 2.33. The SMILES string of the molecule is O=C(O)c1cc(O)cc(CS(=O)(=O)Cc2cc(O)cc(C(=O)OCCN3CCOCC3)c2O)c1O. The maximum Gasteiger partial charge on any atom is 0.342 e. The van der Waals surface area contributed by atoms with E-state index in [0.717, 1.165) is 24.3 Å². The van der Waals surface area contributed by atoms with Crippen molar-refractivity contribution >= 4 is 21.8 Å². The predicted octanol–water partition coefficient (Wildman–Crippen LogP) is 0.811. The standard InChI is InChI=1S/C22H25NO11S/c24-15-7-13(19(26)17(9-15)21(28)29)11-35(31,32)12-14-8-16(25)10-18(20(14)27)22(30)34-6-3-23-1-4-33-5-2-23/h7-10,24-27H,1-6,11-12H2,(H,28,29). The number of nitrogens with zero attached hydrogens (tertiary/aromatic N) is 1. The fourth-order valence-corrected chi connectivity index (χ4v) is 5.08. The summed E-state index contributed by atoms with van der Waals surface area (Å²) in [6.07, 6.45) is 0. The van der Waals surface area contributed by atoms with Gasteiger partial charge in [-0.25, -0.2) is 18.0 Å². The lowest BCUT2D eigenvalue weighted by molar-refractivity contribution is 0.0194. The summed E-state index contributed by atoms with van der Waals surface area (Å²) in [6.45, 7) is 2.93. The Labute approximate surface area is 200 Å². The fourth-order valence-electron chi connectivity index (χ4n) is 3.59. The van der Waals surface area contributed by atoms with E-state index in [1.54, 1.807) is 0 Å². The third kappa shape index (κ3) is 6.74. The zero-order chi connectivity index (χ0) is 25.8. The molecular formula is C22H25NO11S. The number of aromatic hydroxyl groups is 4. The molecule has 0 atom stereocenters. The number of carbonyl (C=O) groups is 2.